The molecule has 0 bridgehead atoms. The Morgan fingerprint density at radius 1 is 1.22 bits per heavy atom. The Morgan fingerprint density at radius 3 is 2.63 bits per heavy atom. The monoisotopic (exact) mass is 373 g/mol. The highest BCUT2D eigenvalue weighted by molar-refractivity contribution is 5.77. The van der Waals surface area contributed by atoms with Gasteiger partial charge in [-0.3, -0.25) is 9.69 Å². The molecule has 1 amide bonds. The molecular formula is C19H31N7O. The van der Waals surface area contributed by atoms with Crippen LogP contribution in [0.25, 0.3) is 5.65 Å². The van der Waals surface area contributed by atoms with Gasteiger partial charge in [-0.2, -0.15) is 4.52 Å². The Balaban J connectivity index is 1.57. The number of hydrogen-bond acceptors (Lipinski definition) is 6. The summed E-state index contributed by atoms with van der Waals surface area (Å²) in [6, 6.07) is 4.27. The molecule has 1 aliphatic rings. The number of carbonyl (C=O) groups excluding carboxylic acids is 1. The van der Waals surface area contributed by atoms with Gasteiger partial charge in [0.2, 0.25) is 5.91 Å². The van der Waals surface area contributed by atoms with Crippen LogP contribution in [0.5, 0.6) is 0 Å². The van der Waals surface area contributed by atoms with Crippen LogP contribution in [0.3, 0.4) is 0 Å². The molecule has 0 aliphatic carbocycles. The molecule has 2 aromatic heterocycles. The van der Waals surface area contributed by atoms with Gasteiger partial charge >= 0.3 is 0 Å². The predicted octanol–water partition coefficient (Wildman–Crippen LogP) is 1.82. The minimum absolute atomic E-state index is 0.116. The average molecular weight is 374 g/mol. The van der Waals surface area contributed by atoms with Crippen molar-refractivity contribution in [2.45, 2.75) is 58.4 Å². The van der Waals surface area contributed by atoms with Gasteiger partial charge in [0.05, 0.1) is 6.54 Å². The first-order valence-electron chi connectivity index (χ1n) is 9.85. The van der Waals surface area contributed by atoms with Crippen LogP contribution in [-0.4, -0.2) is 62.8 Å². The molecule has 0 spiro atoms. The first-order valence-corrected chi connectivity index (χ1v) is 9.85. The average Bonchev–Trinajstić information content (AvgIpc) is 3.05. The SMILES string of the molecule is CCCNC(=O)CN1CCC(Nc2ccc3nnc(C(C)(C)C)n3n2)CC1. The lowest BCUT2D eigenvalue weighted by molar-refractivity contribution is -0.122. The molecule has 148 valence electrons. The lowest BCUT2D eigenvalue weighted by Gasteiger charge is -2.32. The Morgan fingerprint density at radius 2 is 1.96 bits per heavy atom. The summed E-state index contributed by atoms with van der Waals surface area (Å²) < 4.78 is 1.83. The van der Waals surface area contributed by atoms with E-state index in [0.717, 1.165) is 56.2 Å². The van der Waals surface area contributed by atoms with Gasteiger partial charge in [-0.1, -0.05) is 27.7 Å². The largest absolute Gasteiger partial charge is 0.366 e. The van der Waals surface area contributed by atoms with Crippen molar-refractivity contribution in [2.24, 2.45) is 0 Å². The molecule has 0 unspecified atom stereocenters. The van der Waals surface area contributed by atoms with Crippen molar-refractivity contribution in [1.82, 2.24) is 30.0 Å². The summed E-state index contributed by atoms with van der Waals surface area (Å²) in [4.78, 5) is 14.1. The first kappa shape index (κ1) is 19.5. The van der Waals surface area contributed by atoms with Crippen molar-refractivity contribution in [3.8, 4) is 0 Å². The molecule has 0 saturated carbocycles. The molecule has 0 radical (unpaired) electrons. The number of aromatic nitrogens is 4. The molecule has 3 heterocycles. The summed E-state index contributed by atoms with van der Waals surface area (Å²) >= 11 is 0. The van der Waals surface area contributed by atoms with Gasteiger partial charge in [0.25, 0.3) is 0 Å². The van der Waals surface area contributed by atoms with Crippen molar-refractivity contribution in [2.75, 3.05) is 31.5 Å². The van der Waals surface area contributed by atoms with Crippen LogP contribution in [0.2, 0.25) is 0 Å². The highest BCUT2D eigenvalue weighted by atomic mass is 16.2. The molecule has 27 heavy (non-hydrogen) atoms. The predicted molar refractivity (Wildman–Crippen MR) is 106 cm³/mol. The summed E-state index contributed by atoms with van der Waals surface area (Å²) in [5.74, 6) is 1.82. The van der Waals surface area contributed by atoms with E-state index >= 15 is 0 Å². The van der Waals surface area contributed by atoms with Gasteiger partial charge in [-0.25, -0.2) is 0 Å². The smallest absolute Gasteiger partial charge is 0.234 e. The number of carbonyl (C=O) groups is 1. The number of nitrogens with one attached hydrogen (secondary N) is 2. The number of likely N-dealkylation sites (tertiary alicyclic amines) is 1. The number of hydrogen-bond donors (Lipinski definition) is 2. The third-order valence-corrected chi connectivity index (χ3v) is 4.81. The van der Waals surface area contributed by atoms with Gasteiger partial charge in [-0.05, 0) is 31.4 Å². The zero-order valence-corrected chi connectivity index (χ0v) is 16.8. The Labute approximate surface area is 160 Å². The maximum absolute atomic E-state index is 11.9. The third kappa shape index (κ3) is 4.94. The van der Waals surface area contributed by atoms with E-state index in [2.05, 4.69) is 53.4 Å². The molecule has 1 saturated heterocycles. The van der Waals surface area contributed by atoms with Crippen molar-refractivity contribution >= 4 is 17.4 Å². The number of piperidine rings is 1. The fraction of sp³-hybridized carbons (Fsp3) is 0.684. The quantitative estimate of drug-likeness (QED) is 0.803. The normalized spacial score (nSPS) is 16.6. The molecular weight excluding hydrogens is 342 g/mol. The van der Waals surface area contributed by atoms with E-state index in [4.69, 9.17) is 5.10 Å². The standard InChI is InChI=1S/C19H31N7O/c1-5-10-20-17(27)13-25-11-8-14(9-12-25)21-15-6-7-16-22-23-18(19(2,3)4)26(16)24-15/h6-7,14H,5,8-13H2,1-4H3,(H,20,27)(H,21,24). The summed E-state index contributed by atoms with van der Waals surface area (Å²) in [7, 11) is 0. The van der Waals surface area contributed by atoms with Crippen molar-refractivity contribution in [3.05, 3.63) is 18.0 Å². The number of fused-ring (bicyclic) bond motifs is 1. The Kier molecular flexibility index (Phi) is 5.94. The minimum atomic E-state index is -0.116. The minimum Gasteiger partial charge on any atom is -0.366 e. The van der Waals surface area contributed by atoms with Crippen LogP contribution < -0.4 is 10.6 Å². The van der Waals surface area contributed by atoms with Crippen LogP contribution in [-0.2, 0) is 10.2 Å². The van der Waals surface area contributed by atoms with Gasteiger partial charge in [0, 0.05) is 31.1 Å². The molecule has 1 fully saturated rings. The summed E-state index contributed by atoms with van der Waals surface area (Å²) in [5, 5.41) is 19.7. The van der Waals surface area contributed by atoms with Crippen LogP contribution in [0.15, 0.2) is 12.1 Å². The third-order valence-electron chi connectivity index (χ3n) is 4.81. The first-order chi connectivity index (χ1) is 12.9. The Bertz CT molecular complexity index is 772. The second kappa shape index (κ2) is 8.21. The van der Waals surface area contributed by atoms with Crippen molar-refractivity contribution < 1.29 is 4.79 Å². The molecule has 8 heteroatoms. The fourth-order valence-corrected chi connectivity index (χ4v) is 3.30. The van der Waals surface area contributed by atoms with E-state index in [1.54, 1.807) is 0 Å². The van der Waals surface area contributed by atoms with Crippen LogP contribution in [0, 0.1) is 0 Å². The van der Waals surface area contributed by atoms with E-state index in [-0.39, 0.29) is 11.3 Å². The zero-order valence-electron chi connectivity index (χ0n) is 16.8. The topological polar surface area (TPSA) is 87.5 Å². The van der Waals surface area contributed by atoms with Gasteiger partial charge in [-0.15, -0.1) is 15.3 Å². The molecule has 8 nitrogen and oxygen atoms in total. The van der Waals surface area contributed by atoms with E-state index < -0.39 is 0 Å². The van der Waals surface area contributed by atoms with Gasteiger partial charge in [0.15, 0.2) is 11.5 Å². The second-order valence-corrected chi connectivity index (χ2v) is 8.31. The van der Waals surface area contributed by atoms with Gasteiger partial charge in [0.1, 0.15) is 5.82 Å². The van der Waals surface area contributed by atoms with Crippen LogP contribution in [0.4, 0.5) is 5.82 Å². The lowest BCUT2D eigenvalue weighted by Crippen LogP contribution is -2.44. The number of anilines is 1. The van der Waals surface area contributed by atoms with E-state index in [9.17, 15) is 4.79 Å². The summed E-state index contributed by atoms with van der Waals surface area (Å²) in [6.07, 6.45) is 2.96. The van der Waals surface area contributed by atoms with E-state index in [0.29, 0.717) is 12.6 Å². The zero-order chi connectivity index (χ0) is 19.4. The maximum Gasteiger partial charge on any atom is 0.234 e. The molecule has 0 aromatic carbocycles. The van der Waals surface area contributed by atoms with Crippen molar-refractivity contribution in [1.29, 1.82) is 0 Å². The highest BCUT2D eigenvalue weighted by Crippen LogP contribution is 2.21. The fourth-order valence-electron chi connectivity index (χ4n) is 3.30. The van der Waals surface area contributed by atoms with Crippen LogP contribution >= 0.6 is 0 Å². The lowest BCUT2D eigenvalue weighted by atomic mass is 9.96. The second-order valence-electron chi connectivity index (χ2n) is 8.31. The highest BCUT2D eigenvalue weighted by Gasteiger charge is 2.23. The van der Waals surface area contributed by atoms with Gasteiger partial charge < -0.3 is 10.6 Å². The molecule has 2 aromatic rings. The van der Waals surface area contributed by atoms with E-state index in [1.165, 1.54) is 0 Å². The van der Waals surface area contributed by atoms with Crippen molar-refractivity contribution in [3.63, 3.8) is 0 Å². The number of rotatable bonds is 6. The summed E-state index contributed by atoms with van der Waals surface area (Å²) in [5.41, 5.74) is 0.646. The maximum atomic E-state index is 11.9. The molecule has 1 aliphatic heterocycles. The van der Waals surface area contributed by atoms with E-state index in [1.807, 2.05) is 16.6 Å². The van der Waals surface area contributed by atoms with Crippen LogP contribution in [0.1, 0.15) is 52.8 Å². The summed E-state index contributed by atoms with van der Waals surface area (Å²) in [6.45, 7) is 11.5. The number of nitrogens with zero attached hydrogens (tertiary/aromatic N) is 5. The Hall–Kier alpha value is -2.22. The molecule has 2 N–H and O–H groups in total. The molecule has 3 rings (SSSR count). The molecule has 0 atom stereocenters. The number of amides is 1.